The maximum atomic E-state index is 12.6. The number of carbonyl (C=O) groups excluding carboxylic acids is 2. The summed E-state index contributed by atoms with van der Waals surface area (Å²) in [5, 5.41) is 2.43. The smallest absolute Gasteiger partial charge is 0.150 e. The standard InChI is InChI=1S/C19H18O2/c1-19-10-9-15(16(18(19)21)11-17(19)20)14-8-4-6-12-5-2-3-7-13(12)14/h2-8,15-16H,9-11H2,1H3. The molecule has 2 saturated carbocycles. The summed E-state index contributed by atoms with van der Waals surface area (Å²) in [6.45, 7) is 1.84. The number of carbonyl (C=O) groups is 2. The van der Waals surface area contributed by atoms with E-state index < -0.39 is 5.41 Å². The van der Waals surface area contributed by atoms with Gasteiger partial charge in [-0.15, -0.1) is 0 Å². The molecule has 106 valence electrons. The van der Waals surface area contributed by atoms with Crippen molar-refractivity contribution >= 4 is 22.3 Å². The zero-order valence-electron chi connectivity index (χ0n) is 12.1. The highest BCUT2D eigenvalue weighted by Crippen LogP contribution is 2.52. The van der Waals surface area contributed by atoms with E-state index in [1.807, 2.05) is 19.1 Å². The highest BCUT2D eigenvalue weighted by Gasteiger charge is 2.56. The lowest BCUT2D eigenvalue weighted by molar-refractivity contribution is -0.137. The third-order valence-corrected chi connectivity index (χ3v) is 5.57. The summed E-state index contributed by atoms with van der Waals surface area (Å²) < 4.78 is 0. The van der Waals surface area contributed by atoms with Crippen LogP contribution in [0.4, 0.5) is 0 Å². The summed E-state index contributed by atoms with van der Waals surface area (Å²) in [5.41, 5.74) is 0.550. The van der Waals surface area contributed by atoms with E-state index in [0.717, 1.165) is 6.42 Å². The first-order chi connectivity index (χ1) is 10.1. The largest absolute Gasteiger partial charge is 0.299 e. The summed E-state index contributed by atoms with van der Waals surface area (Å²) in [6, 6.07) is 14.6. The van der Waals surface area contributed by atoms with Gasteiger partial charge in [0.1, 0.15) is 11.6 Å². The van der Waals surface area contributed by atoms with Crippen molar-refractivity contribution < 1.29 is 9.59 Å². The van der Waals surface area contributed by atoms with Gasteiger partial charge in [0.05, 0.1) is 5.41 Å². The van der Waals surface area contributed by atoms with E-state index in [1.54, 1.807) is 0 Å². The predicted octanol–water partition coefficient (Wildman–Crippen LogP) is 3.88. The number of benzene rings is 2. The molecule has 0 aromatic heterocycles. The van der Waals surface area contributed by atoms with Crippen molar-refractivity contribution in [1.29, 1.82) is 0 Å². The van der Waals surface area contributed by atoms with Crippen molar-refractivity contribution in [3.63, 3.8) is 0 Å². The Hall–Kier alpha value is -1.96. The van der Waals surface area contributed by atoms with Crippen LogP contribution < -0.4 is 0 Å². The van der Waals surface area contributed by atoms with Gasteiger partial charge in [0.15, 0.2) is 0 Å². The van der Waals surface area contributed by atoms with Gasteiger partial charge in [0.25, 0.3) is 0 Å². The van der Waals surface area contributed by atoms with Crippen LogP contribution in [0.2, 0.25) is 0 Å². The summed E-state index contributed by atoms with van der Waals surface area (Å²) in [7, 11) is 0. The first kappa shape index (κ1) is 12.8. The van der Waals surface area contributed by atoms with E-state index >= 15 is 0 Å². The minimum atomic E-state index is -0.689. The summed E-state index contributed by atoms with van der Waals surface area (Å²) in [5.74, 6) is 0.419. The zero-order chi connectivity index (χ0) is 14.6. The van der Waals surface area contributed by atoms with Gasteiger partial charge in [-0.25, -0.2) is 0 Å². The van der Waals surface area contributed by atoms with Gasteiger partial charge < -0.3 is 0 Å². The minimum absolute atomic E-state index is 0.109. The van der Waals surface area contributed by atoms with Crippen LogP contribution in [0.1, 0.15) is 37.7 Å². The first-order valence-electron chi connectivity index (χ1n) is 7.66. The number of fused-ring (bicyclic) bond motifs is 3. The molecule has 0 amide bonds. The number of hydrogen-bond donors (Lipinski definition) is 0. The Kier molecular flexibility index (Phi) is 2.59. The van der Waals surface area contributed by atoms with Gasteiger partial charge >= 0.3 is 0 Å². The molecule has 0 heterocycles. The van der Waals surface area contributed by atoms with Gasteiger partial charge in [0.2, 0.25) is 0 Å². The quantitative estimate of drug-likeness (QED) is 0.742. The van der Waals surface area contributed by atoms with Crippen LogP contribution in [0, 0.1) is 11.3 Å². The SMILES string of the molecule is CC12CCC(c3cccc4ccccc34)C(CC1=O)C2=O. The number of Topliss-reactive ketones (excluding diaryl/α,β-unsaturated/α-hetero) is 2. The Balaban J connectivity index is 1.84. The molecule has 0 N–H and O–H groups in total. The van der Waals surface area contributed by atoms with Crippen molar-refractivity contribution in [3.05, 3.63) is 48.0 Å². The van der Waals surface area contributed by atoms with Crippen molar-refractivity contribution in [2.45, 2.75) is 32.1 Å². The fourth-order valence-electron chi connectivity index (χ4n) is 4.24. The van der Waals surface area contributed by atoms with Crippen LogP contribution in [0.25, 0.3) is 10.8 Å². The second-order valence-electron chi connectivity index (χ2n) is 6.64. The van der Waals surface area contributed by atoms with Crippen LogP contribution >= 0.6 is 0 Å². The number of rotatable bonds is 1. The van der Waals surface area contributed by atoms with Gasteiger partial charge in [-0.1, -0.05) is 42.5 Å². The molecular formula is C19H18O2. The third kappa shape index (κ3) is 1.65. The van der Waals surface area contributed by atoms with E-state index in [0.29, 0.717) is 12.8 Å². The molecule has 2 fully saturated rings. The monoisotopic (exact) mass is 278 g/mol. The van der Waals surface area contributed by atoms with Crippen molar-refractivity contribution in [2.75, 3.05) is 0 Å². The van der Waals surface area contributed by atoms with Crippen molar-refractivity contribution in [2.24, 2.45) is 11.3 Å². The van der Waals surface area contributed by atoms with Gasteiger partial charge in [-0.05, 0) is 42.0 Å². The van der Waals surface area contributed by atoms with E-state index in [1.165, 1.54) is 16.3 Å². The first-order valence-corrected chi connectivity index (χ1v) is 7.66. The summed E-state index contributed by atoms with van der Waals surface area (Å²) in [4.78, 5) is 24.8. The fourth-order valence-corrected chi connectivity index (χ4v) is 4.24. The highest BCUT2D eigenvalue weighted by molar-refractivity contribution is 6.14. The van der Waals surface area contributed by atoms with Gasteiger partial charge in [0, 0.05) is 12.3 Å². The molecule has 2 bridgehead atoms. The molecule has 3 unspecified atom stereocenters. The van der Waals surface area contributed by atoms with Crippen LogP contribution in [0.3, 0.4) is 0 Å². The minimum Gasteiger partial charge on any atom is -0.299 e. The molecule has 3 atom stereocenters. The molecule has 0 spiro atoms. The molecule has 21 heavy (non-hydrogen) atoms. The Morgan fingerprint density at radius 3 is 2.62 bits per heavy atom. The van der Waals surface area contributed by atoms with Gasteiger partial charge in [-0.2, -0.15) is 0 Å². The number of ketones is 2. The molecule has 0 saturated heterocycles. The number of hydrogen-bond acceptors (Lipinski definition) is 2. The van der Waals surface area contributed by atoms with E-state index in [-0.39, 0.29) is 23.4 Å². The Bertz CT molecular complexity index is 756. The van der Waals surface area contributed by atoms with Crippen LogP contribution in [0.5, 0.6) is 0 Å². The normalized spacial score (nSPS) is 31.9. The average molecular weight is 278 g/mol. The predicted molar refractivity (Wildman–Crippen MR) is 82.2 cm³/mol. The van der Waals surface area contributed by atoms with E-state index in [9.17, 15) is 9.59 Å². The highest BCUT2D eigenvalue weighted by atomic mass is 16.2. The Morgan fingerprint density at radius 1 is 1.00 bits per heavy atom. The molecule has 2 nitrogen and oxygen atoms in total. The van der Waals surface area contributed by atoms with Crippen LogP contribution in [0.15, 0.2) is 42.5 Å². The maximum Gasteiger partial charge on any atom is 0.150 e. The van der Waals surface area contributed by atoms with E-state index in [4.69, 9.17) is 0 Å². The van der Waals surface area contributed by atoms with Crippen molar-refractivity contribution in [3.8, 4) is 0 Å². The Labute approximate surface area is 124 Å². The third-order valence-electron chi connectivity index (χ3n) is 5.57. The maximum absolute atomic E-state index is 12.6. The molecule has 0 aliphatic heterocycles. The molecule has 4 rings (SSSR count). The molecule has 2 aromatic carbocycles. The average Bonchev–Trinajstić information content (AvgIpc) is 2.65. The lowest BCUT2D eigenvalue weighted by Crippen LogP contribution is -2.36. The molecule has 2 aliphatic rings. The molecule has 2 aliphatic carbocycles. The molecule has 2 aromatic rings. The van der Waals surface area contributed by atoms with Crippen LogP contribution in [-0.4, -0.2) is 11.6 Å². The van der Waals surface area contributed by atoms with Crippen molar-refractivity contribution in [1.82, 2.24) is 0 Å². The second-order valence-corrected chi connectivity index (χ2v) is 6.64. The molecule has 0 radical (unpaired) electrons. The van der Waals surface area contributed by atoms with Gasteiger partial charge in [-0.3, -0.25) is 9.59 Å². The second kappa shape index (κ2) is 4.27. The zero-order valence-corrected chi connectivity index (χ0v) is 12.1. The van der Waals surface area contributed by atoms with E-state index in [2.05, 4.69) is 30.3 Å². The topological polar surface area (TPSA) is 34.1 Å². The molecule has 2 heteroatoms. The summed E-state index contributed by atoms with van der Waals surface area (Å²) in [6.07, 6.45) is 2.07. The lowest BCUT2D eigenvalue weighted by atomic mass is 9.68. The fraction of sp³-hybridized carbons (Fsp3) is 0.368. The summed E-state index contributed by atoms with van der Waals surface area (Å²) >= 11 is 0. The van der Waals surface area contributed by atoms with Crippen LogP contribution in [-0.2, 0) is 9.59 Å². The molecular weight excluding hydrogens is 260 g/mol. The Morgan fingerprint density at radius 2 is 1.76 bits per heavy atom. The lowest BCUT2D eigenvalue weighted by Gasteiger charge is -2.33.